The number of benzene rings is 1. The highest BCUT2D eigenvalue weighted by atomic mass is 32.2. The van der Waals surface area contributed by atoms with Gasteiger partial charge in [0.2, 0.25) is 10.0 Å². The summed E-state index contributed by atoms with van der Waals surface area (Å²) >= 11 is 2.36. The number of hydrogen-bond acceptors (Lipinski definition) is 12. The molecule has 1 aromatic carbocycles. The van der Waals surface area contributed by atoms with Crippen LogP contribution < -0.4 is 20.5 Å². The van der Waals surface area contributed by atoms with E-state index in [-0.39, 0.29) is 39.3 Å². The van der Waals surface area contributed by atoms with Crippen molar-refractivity contribution in [3.05, 3.63) is 46.1 Å². The minimum atomic E-state index is -3.76. The Morgan fingerprint density at radius 2 is 2.08 bits per heavy atom. The van der Waals surface area contributed by atoms with Gasteiger partial charge in [0, 0.05) is 17.6 Å². The van der Waals surface area contributed by atoms with Gasteiger partial charge in [0.05, 0.1) is 12.0 Å². The topological polar surface area (TPSA) is 203 Å². The molecule has 0 radical (unpaired) electrons. The van der Waals surface area contributed by atoms with Gasteiger partial charge in [0.15, 0.2) is 10.8 Å². The number of rotatable bonds is 10. The zero-order valence-electron chi connectivity index (χ0n) is 20.8. The van der Waals surface area contributed by atoms with Gasteiger partial charge in [-0.15, -0.1) is 23.1 Å². The van der Waals surface area contributed by atoms with Crippen molar-refractivity contribution >= 4 is 61.7 Å². The van der Waals surface area contributed by atoms with Crippen molar-refractivity contribution in [2.75, 3.05) is 32.8 Å². The Kier molecular flexibility index (Phi) is 8.15. The van der Waals surface area contributed by atoms with Crippen LogP contribution in [0, 0.1) is 0 Å². The molecule has 3 heterocycles. The highest BCUT2D eigenvalue weighted by molar-refractivity contribution is 8.00. The fraction of sp³-hybridized carbons (Fsp3) is 0.318. The molecule has 17 heteroatoms. The van der Waals surface area contributed by atoms with E-state index >= 15 is 0 Å². The fourth-order valence-electron chi connectivity index (χ4n) is 4.13. The predicted molar refractivity (Wildman–Crippen MR) is 143 cm³/mol. The van der Waals surface area contributed by atoms with Crippen LogP contribution >= 0.6 is 23.1 Å². The zero-order chi connectivity index (χ0) is 28.5. The second kappa shape index (κ2) is 11.2. The molecule has 2 aliphatic heterocycles. The zero-order valence-corrected chi connectivity index (χ0v) is 23.3. The Balaban J connectivity index is 1.60. The van der Waals surface area contributed by atoms with Crippen molar-refractivity contribution < 1.29 is 37.5 Å². The van der Waals surface area contributed by atoms with E-state index in [1.165, 1.54) is 56.6 Å². The number of carboxylic acid groups (broad SMARTS) is 1. The van der Waals surface area contributed by atoms with Crippen LogP contribution in [0.15, 0.2) is 44.9 Å². The molecule has 0 spiro atoms. The number of nitrogens with zero attached hydrogens (tertiary/aromatic N) is 3. The Bertz CT molecular complexity index is 1500. The van der Waals surface area contributed by atoms with Crippen LogP contribution in [0.1, 0.15) is 11.3 Å². The summed E-state index contributed by atoms with van der Waals surface area (Å²) in [5.41, 5.74) is 6.22. The summed E-state index contributed by atoms with van der Waals surface area (Å²) < 4.78 is 32.2. The van der Waals surface area contributed by atoms with Crippen molar-refractivity contribution in [3.63, 3.8) is 0 Å². The van der Waals surface area contributed by atoms with Crippen LogP contribution in [0.2, 0.25) is 0 Å². The average Bonchev–Trinajstić information content (AvgIpc) is 3.35. The third kappa shape index (κ3) is 5.42. The summed E-state index contributed by atoms with van der Waals surface area (Å²) in [7, 11) is 0.185. The number of nitrogens with one attached hydrogen (secondary N) is 2. The minimum Gasteiger partial charge on any atom is -0.496 e. The lowest BCUT2D eigenvalue weighted by Gasteiger charge is -2.49. The Hall–Kier alpha value is -3.67. The van der Waals surface area contributed by atoms with E-state index in [0.717, 1.165) is 16.2 Å². The van der Waals surface area contributed by atoms with Crippen LogP contribution in [0.25, 0.3) is 0 Å². The maximum absolute atomic E-state index is 13.1. The molecule has 2 atom stereocenters. The monoisotopic (exact) mass is 596 g/mol. The minimum absolute atomic E-state index is 0.0159. The number of anilines is 1. The molecule has 1 aromatic heterocycles. The van der Waals surface area contributed by atoms with Gasteiger partial charge in [-0.3, -0.25) is 14.5 Å². The number of carbonyl (C=O) groups is 3. The molecule has 1 fully saturated rings. The smallest absolute Gasteiger partial charge is 0.352 e. The van der Waals surface area contributed by atoms with Gasteiger partial charge in [-0.25, -0.2) is 22.9 Å². The van der Waals surface area contributed by atoms with Gasteiger partial charge >= 0.3 is 5.97 Å². The van der Waals surface area contributed by atoms with Gasteiger partial charge < -0.3 is 25.7 Å². The van der Waals surface area contributed by atoms with Crippen molar-refractivity contribution in [1.82, 2.24) is 19.9 Å². The number of ether oxygens (including phenoxy) is 1. The Morgan fingerprint density at radius 1 is 1.33 bits per heavy atom. The van der Waals surface area contributed by atoms with E-state index in [9.17, 15) is 27.9 Å². The summed E-state index contributed by atoms with van der Waals surface area (Å²) in [6.07, 6.45) is 0.0221. The quantitative estimate of drug-likeness (QED) is 0.163. The molecule has 0 unspecified atom stereocenters. The summed E-state index contributed by atoms with van der Waals surface area (Å²) in [4.78, 5) is 48.2. The number of aliphatic carboxylic acids is 1. The first kappa shape index (κ1) is 28.3. The molecule has 0 aliphatic carbocycles. The fourth-order valence-corrected chi connectivity index (χ4v) is 6.80. The number of β-lactam (4-membered cyclic amide) rings is 1. The average molecular weight is 597 g/mol. The lowest BCUT2D eigenvalue weighted by Crippen LogP contribution is -2.71. The molecule has 14 nitrogen and oxygen atoms in total. The van der Waals surface area contributed by atoms with Crippen LogP contribution in [-0.2, 0) is 35.7 Å². The molecular formula is C22H24N6O8S3. The second-order valence-corrected chi connectivity index (χ2v) is 12.1. The first-order valence-corrected chi connectivity index (χ1v) is 14.6. The van der Waals surface area contributed by atoms with Gasteiger partial charge in [-0.1, -0.05) is 5.16 Å². The molecule has 2 amide bonds. The largest absolute Gasteiger partial charge is 0.496 e. The highest BCUT2D eigenvalue weighted by Crippen LogP contribution is 2.42. The highest BCUT2D eigenvalue weighted by Gasteiger charge is 2.54. The third-order valence-corrected chi connectivity index (χ3v) is 9.36. The molecule has 2 aliphatic rings. The molecule has 5 N–H and O–H groups in total. The van der Waals surface area contributed by atoms with Crippen LogP contribution in [0.3, 0.4) is 0 Å². The van der Waals surface area contributed by atoms with Crippen molar-refractivity contribution in [2.45, 2.75) is 22.7 Å². The number of sulfonamides is 1. The van der Waals surface area contributed by atoms with E-state index in [1.807, 2.05) is 0 Å². The second-order valence-electron chi connectivity index (χ2n) is 8.17. The summed E-state index contributed by atoms with van der Waals surface area (Å²) in [5, 5.41) is 17.3. The van der Waals surface area contributed by atoms with Gasteiger partial charge in [-0.2, -0.15) is 0 Å². The van der Waals surface area contributed by atoms with Gasteiger partial charge in [-0.05, 0) is 36.4 Å². The SMILES string of the molecule is CNS(=O)(=O)c1ccc(OC)c(CC2=C(C(=O)O)N3C(=O)[C@@H](NC(=O)/C(=N\OC)c4csc(N)n4)[C@H]3SC2)c1. The maximum Gasteiger partial charge on any atom is 0.352 e. The molecule has 208 valence electrons. The Labute approximate surface area is 231 Å². The summed E-state index contributed by atoms with van der Waals surface area (Å²) in [5.74, 6) is -2.12. The summed E-state index contributed by atoms with van der Waals surface area (Å²) in [6, 6.07) is 3.24. The number of amides is 2. The number of carboxylic acids is 1. The third-order valence-electron chi connectivity index (χ3n) is 5.93. The van der Waals surface area contributed by atoms with E-state index < -0.39 is 39.2 Å². The van der Waals surface area contributed by atoms with Crippen molar-refractivity contribution in [3.8, 4) is 5.75 Å². The van der Waals surface area contributed by atoms with Crippen LogP contribution in [0.4, 0.5) is 5.13 Å². The van der Waals surface area contributed by atoms with Crippen LogP contribution in [0.5, 0.6) is 5.75 Å². The maximum atomic E-state index is 13.1. The standard InChI is InChI=1S/C22H24N6O8S3/c1-24-39(33,34)12-4-5-14(35-2)10(7-12)6-11-8-37-20-16(19(30)28(20)17(11)21(31)32)26-18(29)15(27-36-3)13-9-38-22(23)25-13/h4-5,7,9,16,20,24H,6,8H2,1-3H3,(H2,23,25)(H,26,29)(H,31,32)/b27-15-/t16-,20-/m1/s1. The molecule has 1 saturated heterocycles. The number of hydrogen-bond donors (Lipinski definition) is 4. The van der Waals surface area contributed by atoms with Crippen LogP contribution in [-0.4, -0.2) is 85.3 Å². The molecule has 4 rings (SSSR count). The predicted octanol–water partition coefficient (Wildman–Crippen LogP) is -0.0262. The lowest BCUT2D eigenvalue weighted by atomic mass is 9.98. The number of methoxy groups -OCH3 is 1. The van der Waals surface area contributed by atoms with Gasteiger partial charge in [0.1, 0.15) is 35.7 Å². The number of fused-ring (bicyclic) bond motifs is 1. The molecule has 2 aromatic rings. The number of oxime groups is 1. The molecule has 0 saturated carbocycles. The van der Waals surface area contributed by atoms with Crippen molar-refractivity contribution in [2.24, 2.45) is 5.16 Å². The van der Waals surface area contributed by atoms with E-state index in [2.05, 4.69) is 20.2 Å². The van der Waals surface area contributed by atoms with E-state index in [0.29, 0.717) is 16.9 Å². The van der Waals surface area contributed by atoms with E-state index in [4.69, 9.17) is 15.3 Å². The first-order chi connectivity index (χ1) is 18.5. The van der Waals surface area contributed by atoms with E-state index in [1.54, 1.807) is 0 Å². The van der Waals surface area contributed by atoms with Crippen molar-refractivity contribution in [1.29, 1.82) is 0 Å². The molecular weight excluding hydrogens is 572 g/mol. The summed E-state index contributed by atoms with van der Waals surface area (Å²) in [6.45, 7) is 0. The number of aromatic nitrogens is 1. The number of nitrogen functional groups attached to an aromatic ring is 1. The lowest BCUT2D eigenvalue weighted by molar-refractivity contribution is -0.150. The molecule has 0 bridgehead atoms. The number of thiazole rings is 1. The molecule has 39 heavy (non-hydrogen) atoms. The number of carbonyl (C=O) groups excluding carboxylic acids is 2. The normalized spacial score (nSPS) is 19.3. The number of thioether (sulfide) groups is 1. The number of nitrogens with two attached hydrogens (primary N) is 1. The van der Waals surface area contributed by atoms with Gasteiger partial charge in [0.25, 0.3) is 11.8 Å². The first-order valence-electron chi connectivity index (χ1n) is 11.2. The Morgan fingerprint density at radius 3 is 2.67 bits per heavy atom.